The number of amides is 3. The lowest BCUT2D eigenvalue weighted by Gasteiger charge is -2.39. The second-order valence-corrected chi connectivity index (χ2v) is 7.91. The molecule has 0 spiro atoms. The molecule has 33 heavy (non-hydrogen) atoms. The summed E-state index contributed by atoms with van der Waals surface area (Å²) >= 11 is 0. The van der Waals surface area contributed by atoms with Crippen molar-refractivity contribution in [3.63, 3.8) is 0 Å². The van der Waals surface area contributed by atoms with Crippen LogP contribution in [0.15, 0.2) is 29.5 Å². The molecule has 0 bridgehead atoms. The van der Waals surface area contributed by atoms with Crippen LogP contribution >= 0.6 is 0 Å². The van der Waals surface area contributed by atoms with Crippen molar-refractivity contribution < 1.29 is 28.6 Å². The lowest BCUT2D eigenvalue weighted by atomic mass is 9.93. The molecule has 10 nitrogen and oxygen atoms in total. The molecule has 10 heteroatoms. The van der Waals surface area contributed by atoms with Gasteiger partial charge in [0.25, 0.3) is 0 Å². The molecule has 1 fully saturated rings. The summed E-state index contributed by atoms with van der Waals surface area (Å²) in [6.07, 6.45) is 0. The highest BCUT2D eigenvalue weighted by atomic mass is 16.5. The van der Waals surface area contributed by atoms with E-state index in [0.717, 1.165) is 0 Å². The second kappa shape index (κ2) is 10.6. The number of ether oxygens (including phenoxy) is 3. The number of carbonyl (C=O) groups excluding carboxylic acids is 3. The summed E-state index contributed by atoms with van der Waals surface area (Å²) in [5.41, 5.74) is 1.50. The number of piperazine rings is 1. The van der Waals surface area contributed by atoms with Crippen LogP contribution < -0.4 is 14.8 Å². The number of esters is 1. The Morgan fingerprint density at radius 1 is 1.12 bits per heavy atom. The van der Waals surface area contributed by atoms with Gasteiger partial charge in [-0.2, -0.15) is 0 Å². The van der Waals surface area contributed by atoms with Crippen molar-refractivity contribution in [1.29, 1.82) is 0 Å². The van der Waals surface area contributed by atoms with Crippen LogP contribution in [0.25, 0.3) is 0 Å². The van der Waals surface area contributed by atoms with Crippen molar-refractivity contribution >= 4 is 17.9 Å². The molecule has 2 heterocycles. The SMILES string of the molecule is CCOC(=O)C1=C(CN2CCN(C(C)=O)CC2)N(C)C(=O)NC1c1cc(OC)ccc1OC. The number of carbonyl (C=O) groups is 3. The Labute approximate surface area is 194 Å². The Hall–Kier alpha value is -3.27. The standard InChI is InChI=1S/C23H32N4O6/c1-6-33-22(29)20-18(14-26-9-11-27(12-10-26)15(2)28)25(3)23(30)24-21(20)17-13-16(31-4)7-8-19(17)32-5/h7-8,13,21H,6,9-12,14H2,1-5H3,(H,24,30). The van der Waals surface area contributed by atoms with Gasteiger partial charge in [-0.1, -0.05) is 0 Å². The number of methoxy groups -OCH3 is 2. The fraction of sp³-hybridized carbons (Fsp3) is 0.522. The third-order valence-electron chi connectivity index (χ3n) is 6.01. The Bertz CT molecular complexity index is 939. The predicted molar refractivity (Wildman–Crippen MR) is 121 cm³/mol. The minimum absolute atomic E-state index is 0.0421. The molecule has 1 aromatic rings. The lowest BCUT2D eigenvalue weighted by molar-refractivity contribution is -0.139. The van der Waals surface area contributed by atoms with Gasteiger partial charge in [0.15, 0.2) is 0 Å². The highest BCUT2D eigenvalue weighted by molar-refractivity contribution is 5.95. The van der Waals surface area contributed by atoms with Gasteiger partial charge in [-0.25, -0.2) is 9.59 Å². The Morgan fingerprint density at radius 2 is 1.82 bits per heavy atom. The van der Waals surface area contributed by atoms with Crippen LogP contribution in [-0.4, -0.2) is 93.2 Å². The molecule has 0 aromatic heterocycles. The van der Waals surface area contributed by atoms with Gasteiger partial charge in [0, 0.05) is 58.0 Å². The maximum atomic E-state index is 13.2. The monoisotopic (exact) mass is 460 g/mol. The van der Waals surface area contributed by atoms with Crippen LogP contribution in [-0.2, 0) is 14.3 Å². The van der Waals surface area contributed by atoms with Crippen LogP contribution in [0.4, 0.5) is 4.79 Å². The number of hydrogen-bond donors (Lipinski definition) is 1. The number of rotatable bonds is 7. The molecule has 0 radical (unpaired) electrons. The minimum Gasteiger partial charge on any atom is -0.497 e. The van der Waals surface area contributed by atoms with Gasteiger partial charge in [0.05, 0.1) is 32.4 Å². The average molecular weight is 461 g/mol. The van der Waals surface area contributed by atoms with E-state index in [0.29, 0.717) is 61.1 Å². The largest absolute Gasteiger partial charge is 0.497 e. The van der Waals surface area contributed by atoms with Crippen molar-refractivity contribution in [2.75, 3.05) is 60.6 Å². The third kappa shape index (κ3) is 5.22. The fourth-order valence-electron chi connectivity index (χ4n) is 4.13. The molecule has 3 rings (SSSR count). The summed E-state index contributed by atoms with van der Waals surface area (Å²) < 4.78 is 16.3. The summed E-state index contributed by atoms with van der Waals surface area (Å²) in [5, 5.41) is 2.91. The zero-order valence-corrected chi connectivity index (χ0v) is 19.8. The fourth-order valence-corrected chi connectivity index (χ4v) is 4.13. The molecule has 1 saturated heterocycles. The van der Waals surface area contributed by atoms with Crippen molar-refractivity contribution in [2.24, 2.45) is 0 Å². The molecule has 2 aliphatic heterocycles. The van der Waals surface area contributed by atoms with E-state index in [2.05, 4.69) is 10.2 Å². The van der Waals surface area contributed by atoms with Crippen LogP contribution in [0.3, 0.4) is 0 Å². The zero-order chi connectivity index (χ0) is 24.1. The molecule has 1 aromatic carbocycles. The first-order chi connectivity index (χ1) is 15.8. The summed E-state index contributed by atoms with van der Waals surface area (Å²) in [4.78, 5) is 43.2. The highest BCUT2D eigenvalue weighted by Crippen LogP contribution is 2.37. The zero-order valence-electron chi connectivity index (χ0n) is 19.8. The number of urea groups is 1. The summed E-state index contributed by atoms with van der Waals surface area (Å²) in [6.45, 7) is 6.34. The molecule has 1 unspecified atom stereocenters. The summed E-state index contributed by atoms with van der Waals surface area (Å²) in [5.74, 6) is 0.628. The maximum absolute atomic E-state index is 13.2. The second-order valence-electron chi connectivity index (χ2n) is 7.91. The van der Waals surface area contributed by atoms with E-state index in [1.807, 2.05) is 0 Å². The van der Waals surface area contributed by atoms with E-state index in [1.165, 1.54) is 12.0 Å². The Kier molecular flexibility index (Phi) is 7.80. The molecule has 2 aliphatic rings. The van der Waals surface area contributed by atoms with Crippen molar-refractivity contribution in [3.05, 3.63) is 35.0 Å². The Balaban J connectivity index is 2.05. The quantitative estimate of drug-likeness (QED) is 0.614. The molecular weight excluding hydrogens is 428 g/mol. The molecule has 1 atom stereocenters. The van der Waals surface area contributed by atoms with Gasteiger partial charge in [-0.3, -0.25) is 14.6 Å². The molecule has 0 aliphatic carbocycles. The number of benzene rings is 1. The average Bonchev–Trinajstić information content (AvgIpc) is 2.81. The number of hydrogen-bond acceptors (Lipinski definition) is 7. The first-order valence-electron chi connectivity index (χ1n) is 10.9. The first kappa shape index (κ1) is 24.4. The molecule has 3 amide bonds. The van der Waals surface area contributed by atoms with Crippen molar-refractivity contribution in [1.82, 2.24) is 20.0 Å². The first-order valence-corrected chi connectivity index (χ1v) is 10.9. The molecule has 1 N–H and O–H groups in total. The van der Waals surface area contributed by atoms with Crippen LogP contribution in [0.1, 0.15) is 25.5 Å². The van der Waals surface area contributed by atoms with Crippen molar-refractivity contribution in [2.45, 2.75) is 19.9 Å². The number of nitrogens with one attached hydrogen (secondary N) is 1. The van der Waals surface area contributed by atoms with Gasteiger partial charge < -0.3 is 24.4 Å². The van der Waals surface area contributed by atoms with Crippen molar-refractivity contribution in [3.8, 4) is 11.5 Å². The topological polar surface area (TPSA) is 101 Å². The maximum Gasteiger partial charge on any atom is 0.338 e. The third-order valence-corrected chi connectivity index (χ3v) is 6.01. The molecule has 180 valence electrons. The van der Waals surface area contributed by atoms with Crippen LogP contribution in [0, 0.1) is 0 Å². The molecular formula is C23H32N4O6. The van der Waals surface area contributed by atoms with Gasteiger partial charge in [0.2, 0.25) is 5.91 Å². The lowest BCUT2D eigenvalue weighted by Crippen LogP contribution is -2.52. The van der Waals surface area contributed by atoms with E-state index in [9.17, 15) is 14.4 Å². The van der Waals surface area contributed by atoms with Crippen LogP contribution in [0.5, 0.6) is 11.5 Å². The minimum atomic E-state index is -0.772. The van der Waals surface area contributed by atoms with E-state index in [1.54, 1.807) is 51.1 Å². The van der Waals surface area contributed by atoms with Gasteiger partial charge in [-0.15, -0.1) is 0 Å². The summed E-state index contributed by atoms with van der Waals surface area (Å²) in [7, 11) is 4.72. The van der Waals surface area contributed by atoms with Crippen LogP contribution in [0.2, 0.25) is 0 Å². The smallest absolute Gasteiger partial charge is 0.338 e. The van der Waals surface area contributed by atoms with E-state index in [-0.39, 0.29) is 18.5 Å². The molecule has 0 saturated carbocycles. The van der Waals surface area contributed by atoms with E-state index >= 15 is 0 Å². The predicted octanol–water partition coefficient (Wildman–Crippen LogP) is 1.38. The van der Waals surface area contributed by atoms with Gasteiger partial charge in [0.1, 0.15) is 11.5 Å². The highest BCUT2D eigenvalue weighted by Gasteiger charge is 2.39. The normalized spacial score (nSPS) is 19.3. The van der Waals surface area contributed by atoms with E-state index in [4.69, 9.17) is 14.2 Å². The van der Waals surface area contributed by atoms with E-state index < -0.39 is 12.0 Å². The number of likely N-dealkylation sites (N-methyl/N-ethyl adjacent to an activating group) is 1. The Morgan fingerprint density at radius 3 is 2.39 bits per heavy atom. The summed E-state index contributed by atoms with van der Waals surface area (Å²) in [6, 6.07) is 4.13. The van der Waals surface area contributed by atoms with Gasteiger partial charge >= 0.3 is 12.0 Å². The number of nitrogens with zero attached hydrogens (tertiary/aromatic N) is 3. The van der Waals surface area contributed by atoms with Gasteiger partial charge in [-0.05, 0) is 25.1 Å².